The molecule has 22 heavy (non-hydrogen) atoms. The van der Waals surface area contributed by atoms with E-state index in [9.17, 15) is 15.0 Å². The van der Waals surface area contributed by atoms with E-state index in [0.29, 0.717) is 6.42 Å². The highest BCUT2D eigenvalue weighted by atomic mass is 16.3. The molecule has 1 atom stereocenters. The standard InChI is InChI=1S/C17H20N2O3/c1-11-4-3-5-14(8-11)19-17(22)18-12(2)9-13-6-7-15(20)16(21)10-13/h3-8,10,12,20-21H,9H2,1-2H3,(H2,18,19,22)/t12-/m1/s1. The SMILES string of the molecule is Cc1cccc(NC(=O)N[C@H](C)Cc2ccc(O)c(O)c2)c1. The molecule has 0 aliphatic carbocycles. The molecule has 2 amide bonds. The third kappa shape index (κ3) is 4.41. The molecule has 2 aromatic carbocycles. The van der Waals surface area contributed by atoms with Gasteiger partial charge < -0.3 is 20.8 Å². The van der Waals surface area contributed by atoms with Gasteiger partial charge in [-0.3, -0.25) is 0 Å². The van der Waals surface area contributed by atoms with Gasteiger partial charge in [0.2, 0.25) is 0 Å². The summed E-state index contributed by atoms with van der Waals surface area (Å²) in [6, 6.07) is 11.8. The molecule has 0 heterocycles. The highest BCUT2D eigenvalue weighted by molar-refractivity contribution is 5.89. The zero-order valence-corrected chi connectivity index (χ0v) is 12.6. The number of carbonyl (C=O) groups excluding carboxylic acids is 1. The number of urea groups is 1. The number of benzene rings is 2. The van der Waals surface area contributed by atoms with E-state index in [4.69, 9.17) is 0 Å². The molecular weight excluding hydrogens is 280 g/mol. The molecule has 116 valence electrons. The molecule has 0 bridgehead atoms. The molecule has 2 aromatic rings. The minimum Gasteiger partial charge on any atom is -0.504 e. The number of phenolic OH excluding ortho intramolecular Hbond substituents is 2. The van der Waals surface area contributed by atoms with Crippen LogP contribution in [-0.4, -0.2) is 22.3 Å². The van der Waals surface area contributed by atoms with Gasteiger partial charge in [0.15, 0.2) is 11.5 Å². The van der Waals surface area contributed by atoms with E-state index in [1.54, 1.807) is 6.07 Å². The van der Waals surface area contributed by atoms with E-state index < -0.39 is 0 Å². The van der Waals surface area contributed by atoms with Gasteiger partial charge in [0.1, 0.15) is 0 Å². The van der Waals surface area contributed by atoms with Crippen LogP contribution in [0.2, 0.25) is 0 Å². The lowest BCUT2D eigenvalue weighted by Crippen LogP contribution is -2.37. The number of nitrogens with one attached hydrogen (secondary N) is 2. The first-order valence-electron chi connectivity index (χ1n) is 7.09. The summed E-state index contributed by atoms with van der Waals surface area (Å²) >= 11 is 0. The van der Waals surface area contributed by atoms with E-state index in [2.05, 4.69) is 10.6 Å². The lowest BCUT2D eigenvalue weighted by molar-refractivity contribution is 0.249. The third-order valence-corrected chi connectivity index (χ3v) is 3.24. The summed E-state index contributed by atoms with van der Waals surface area (Å²) in [5.41, 5.74) is 2.65. The van der Waals surface area contributed by atoms with Crippen LogP contribution in [0.15, 0.2) is 42.5 Å². The predicted molar refractivity (Wildman–Crippen MR) is 86.3 cm³/mol. The largest absolute Gasteiger partial charge is 0.504 e. The Balaban J connectivity index is 1.89. The van der Waals surface area contributed by atoms with Crippen molar-refractivity contribution in [3.8, 4) is 11.5 Å². The number of aromatic hydroxyl groups is 2. The second kappa shape index (κ2) is 6.85. The molecule has 0 saturated carbocycles. The fraction of sp³-hybridized carbons (Fsp3) is 0.235. The molecule has 0 spiro atoms. The summed E-state index contributed by atoms with van der Waals surface area (Å²) in [7, 11) is 0. The fourth-order valence-corrected chi connectivity index (χ4v) is 2.21. The lowest BCUT2D eigenvalue weighted by atomic mass is 10.1. The number of carbonyl (C=O) groups is 1. The van der Waals surface area contributed by atoms with Gasteiger partial charge >= 0.3 is 6.03 Å². The molecule has 0 aliphatic heterocycles. The Morgan fingerprint density at radius 2 is 1.91 bits per heavy atom. The zero-order valence-electron chi connectivity index (χ0n) is 12.6. The Labute approximate surface area is 129 Å². The molecule has 0 saturated heterocycles. The molecule has 0 aromatic heterocycles. The van der Waals surface area contributed by atoms with Crippen molar-refractivity contribution in [2.45, 2.75) is 26.3 Å². The van der Waals surface area contributed by atoms with Crippen molar-refractivity contribution < 1.29 is 15.0 Å². The number of rotatable bonds is 4. The summed E-state index contributed by atoms with van der Waals surface area (Å²) in [5.74, 6) is -0.310. The number of anilines is 1. The van der Waals surface area contributed by atoms with Crippen LogP contribution in [-0.2, 0) is 6.42 Å². The first kappa shape index (κ1) is 15.7. The molecule has 0 radical (unpaired) electrons. The Morgan fingerprint density at radius 1 is 1.14 bits per heavy atom. The van der Waals surface area contributed by atoms with Crippen molar-refractivity contribution >= 4 is 11.7 Å². The Bertz CT molecular complexity index is 671. The van der Waals surface area contributed by atoms with Gasteiger partial charge in [-0.25, -0.2) is 4.79 Å². The molecule has 0 fully saturated rings. The summed E-state index contributed by atoms with van der Waals surface area (Å²) in [6.07, 6.45) is 0.551. The minimum atomic E-state index is -0.277. The number of hydrogen-bond acceptors (Lipinski definition) is 3. The van der Waals surface area contributed by atoms with E-state index in [1.165, 1.54) is 12.1 Å². The summed E-state index contributed by atoms with van der Waals surface area (Å²) in [4.78, 5) is 11.9. The Morgan fingerprint density at radius 3 is 2.59 bits per heavy atom. The van der Waals surface area contributed by atoms with Gasteiger partial charge in [0.05, 0.1) is 0 Å². The molecule has 2 rings (SSSR count). The van der Waals surface area contributed by atoms with Crippen LogP contribution < -0.4 is 10.6 Å². The number of hydrogen-bond donors (Lipinski definition) is 4. The highest BCUT2D eigenvalue weighted by Crippen LogP contribution is 2.25. The van der Waals surface area contributed by atoms with Gasteiger partial charge in [-0.15, -0.1) is 0 Å². The van der Waals surface area contributed by atoms with E-state index in [1.807, 2.05) is 38.1 Å². The van der Waals surface area contributed by atoms with Crippen molar-refractivity contribution in [2.75, 3.05) is 5.32 Å². The zero-order chi connectivity index (χ0) is 16.1. The maximum atomic E-state index is 11.9. The predicted octanol–water partition coefficient (Wildman–Crippen LogP) is 3.16. The van der Waals surface area contributed by atoms with E-state index >= 15 is 0 Å². The number of phenols is 2. The molecule has 5 heteroatoms. The van der Waals surface area contributed by atoms with E-state index in [-0.39, 0.29) is 23.6 Å². The number of aryl methyl sites for hydroxylation is 1. The van der Waals surface area contributed by atoms with Crippen molar-refractivity contribution in [2.24, 2.45) is 0 Å². The van der Waals surface area contributed by atoms with Crippen LogP contribution in [0, 0.1) is 6.92 Å². The lowest BCUT2D eigenvalue weighted by Gasteiger charge is -2.15. The molecule has 0 aliphatic rings. The molecule has 5 nitrogen and oxygen atoms in total. The number of amides is 2. The van der Waals surface area contributed by atoms with Gasteiger partial charge in [-0.1, -0.05) is 18.2 Å². The molecule has 4 N–H and O–H groups in total. The van der Waals surface area contributed by atoms with Crippen molar-refractivity contribution in [1.29, 1.82) is 0 Å². The van der Waals surface area contributed by atoms with Gasteiger partial charge in [0, 0.05) is 11.7 Å². The quantitative estimate of drug-likeness (QED) is 0.655. The second-order valence-electron chi connectivity index (χ2n) is 5.40. The second-order valence-corrected chi connectivity index (χ2v) is 5.40. The summed E-state index contributed by atoms with van der Waals surface area (Å²) in [5, 5.41) is 24.4. The Kier molecular flexibility index (Phi) is 4.88. The van der Waals surface area contributed by atoms with Gasteiger partial charge in [0.25, 0.3) is 0 Å². The monoisotopic (exact) mass is 300 g/mol. The van der Waals surface area contributed by atoms with E-state index in [0.717, 1.165) is 16.8 Å². The van der Waals surface area contributed by atoms with Crippen LogP contribution in [0.25, 0.3) is 0 Å². The maximum absolute atomic E-state index is 11.9. The van der Waals surface area contributed by atoms with Gasteiger partial charge in [-0.05, 0) is 55.7 Å². The van der Waals surface area contributed by atoms with Crippen LogP contribution in [0.5, 0.6) is 11.5 Å². The van der Waals surface area contributed by atoms with Crippen LogP contribution in [0.1, 0.15) is 18.1 Å². The van der Waals surface area contributed by atoms with Crippen LogP contribution in [0.3, 0.4) is 0 Å². The van der Waals surface area contributed by atoms with Crippen LogP contribution >= 0.6 is 0 Å². The van der Waals surface area contributed by atoms with Crippen LogP contribution in [0.4, 0.5) is 10.5 Å². The molecular formula is C17H20N2O3. The van der Waals surface area contributed by atoms with Gasteiger partial charge in [-0.2, -0.15) is 0 Å². The minimum absolute atomic E-state index is 0.117. The first-order chi connectivity index (χ1) is 10.4. The van der Waals surface area contributed by atoms with Crippen molar-refractivity contribution in [3.05, 3.63) is 53.6 Å². The Hall–Kier alpha value is -2.69. The first-order valence-corrected chi connectivity index (χ1v) is 7.09. The maximum Gasteiger partial charge on any atom is 0.319 e. The summed E-state index contributed by atoms with van der Waals surface area (Å²) in [6.45, 7) is 3.84. The highest BCUT2D eigenvalue weighted by Gasteiger charge is 2.10. The summed E-state index contributed by atoms with van der Waals surface area (Å²) < 4.78 is 0. The average Bonchev–Trinajstić information content (AvgIpc) is 2.42. The topological polar surface area (TPSA) is 81.6 Å². The molecule has 0 unspecified atom stereocenters. The van der Waals surface area contributed by atoms with Crippen molar-refractivity contribution in [3.63, 3.8) is 0 Å². The van der Waals surface area contributed by atoms with Crippen molar-refractivity contribution in [1.82, 2.24) is 5.32 Å². The average molecular weight is 300 g/mol. The third-order valence-electron chi connectivity index (χ3n) is 3.24. The normalized spacial score (nSPS) is 11.7. The fourth-order valence-electron chi connectivity index (χ4n) is 2.21. The smallest absolute Gasteiger partial charge is 0.319 e.